The van der Waals surface area contributed by atoms with Crippen molar-refractivity contribution in [3.63, 3.8) is 0 Å². The van der Waals surface area contributed by atoms with Crippen molar-refractivity contribution in [2.24, 2.45) is 10.7 Å². The summed E-state index contributed by atoms with van der Waals surface area (Å²) in [5, 5.41) is 0. The molecule has 146 valence electrons. The maximum Gasteiger partial charge on any atom is 0.244 e. The number of aliphatic imine (C=N–C) groups is 1. The molecule has 1 amide bonds. The molecule has 0 atom stereocenters. The van der Waals surface area contributed by atoms with Gasteiger partial charge < -0.3 is 10.5 Å². The van der Waals surface area contributed by atoms with E-state index in [1.165, 1.54) is 22.3 Å². The van der Waals surface area contributed by atoms with E-state index in [1.54, 1.807) is 20.1 Å². The van der Waals surface area contributed by atoms with Crippen molar-refractivity contribution in [2.45, 2.75) is 33.6 Å². The molecule has 0 fully saturated rings. The molecule has 0 spiro atoms. The topological polar surface area (TPSA) is 64.7 Å². The highest BCUT2D eigenvalue weighted by Crippen LogP contribution is 2.40. The van der Waals surface area contributed by atoms with E-state index in [0.717, 1.165) is 24.3 Å². The number of methoxy groups -OCH3 is 1. The predicted octanol–water partition coefficient (Wildman–Crippen LogP) is 5.39. The van der Waals surface area contributed by atoms with Crippen molar-refractivity contribution >= 4 is 17.8 Å². The lowest BCUT2D eigenvalue weighted by atomic mass is 9.99. The van der Waals surface area contributed by atoms with Gasteiger partial charge in [-0.05, 0) is 38.0 Å². The highest BCUT2D eigenvalue weighted by Gasteiger charge is 2.17. The van der Waals surface area contributed by atoms with Crippen molar-refractivity contribution in [3.05, 3.63) is 71.3 Å². The molecule has 2 N–H and O–H groups in total. The highest BCUT2D eigenvalue weighted by molar-refractivity contribution is 5.91. The molecule has 0 saturated heterocycles. The van der Waals surface area contributed by atoms with E-state index >= 15 is 0 Å². The van der Waals surface area contributed by atoms with Crippen LogP contribution in [0.25, 0.3) is 11.1 Å². The fraction of sp³-hybridized carbons (Fsp3) is 0.250. The average molecular weight is 377 g/mol. The van der Waals surface area contributed by atoms with Crippen molar-refractivity contribution < 1.29 is 9.53 Å². The van der Waals surface area contributed by atoms with E-state index in [0.29, 0.717) is 5.57 Å². The molecule has 2 aromatic carbocycles. The standard InChI is InChI=1S/C15H13NO.C9H15NO/c1-17-14-8-7-12(11-5-3-2-4-6-11)15-13(14)9-10-16-15;1-4-7(2)5-6-8(3)9(10)11/h2-8,10H,9H2,1H3;5-6H,4H2,1-3H3,(H2,10,11)/b;7-5+,8-6+. The summed E-state index contributed by atoms with van der Waals surface area (Å²) in [5.74, 6) is 0.572. The normalized spacial score (nSPS) is 12.9. The van der Waals surface area contributed by atoms with E-state index < -0.39 is 0 Å². The molecule has 1 aliphatic rings. The second-order valence-corrected chi connectivity index (χ2v) is 6.60. The minimum Gasteiger partial charge on any atom is -0.496 e. The molecule has 1 heterocycles. The van der Waals surface area contributed by atoms with Gasteiger partial charge in [0.1, 0.15) is 5.75 Å². The third kappa shape index (κ3) is 5.43. The lowest BCUT2D eigenvalue weighted by Gasteiger charge is -2.10. The first-order valence-electron chi connectivity index (χ1n) is 9.39. The van der Waals surface area contributed by atoms with Crippen molar-refractivity contribution in [1.29, 1.82) is 0 Å². The second kappa shape index (κ2) is 10.3. The maximum atomic E-state index is 10.5. The van der Waals surface area contributed by atoms with E-state index in [-0.39, 0.29) is 5.91 Å². The number of amides is 1. The van der Waals surface area contributed by atoms with Crippen LogP contribution >= 0.6 is 0 Å². The quantitative estimate of drug-likeness (QED) is 0.561. The molecule has 4 nitrogen and oxygen atoms in total. The number of nitrogens with two attached hydrogens (primary N) is 1. The Morgan fingerprint density at radius 3 is 2.46 bits per heavy atom. The molecule has 3 rings (SSSR count). The minimum absolute atomic E-state index is 0.356. The van der Waals surface area contributed by atoms with Gasteiger partial charge in [-0.15, -0.1) is 0 Å². The summed E-state index contributed by atoms with van der Waals surface area (Å²) >= 11 is 0. The van der Waals surface area contributed by atoms with Crippen LogP contribution in [0.5, 0.6) is 5.75 Å². The minimum atomic E-state index is -0.356. The molecule has 0 unspecified atom stereocenters. The maximum absolute atomic E-state index is 10.5. The van der Waals surface area contributed by atoms with Crippen LogP contribution in [0, 0.1) is 0 Å². The number of primary amides is 1. The fourth-order valence-corrected chi connectivity index (χ4v) is 2.70. The van der Waals surface area contributed by atoms with Gasteiger partial charge in [0.15, 0.2) is 0 Å². The Labute approximate surface area is 167 Å². The Morgan fingerprint density at radius 1 is 1.14 bits per heavy atom. The van der Waals surface area contributed by atoms with Crippen LogP contribution < -0.4 is 10.5 Å². The SMILES string of the molecule is CC/C(C)=C/C=C(\C)C(N)=O.COc1ccc(-c2ccccc2)c2c1CC=N2. The predicted molar refractivity (Wildman–Crippen MR) is 117 cm³/mol. The third-order valence-corrected chi connectivity index (χ3v) is 4.62. The van der Waals surface area contributed by atoms with Crippen molar-refractivity contribution in [2.75, 3.05) is 7.11 Å². The van der Waals surface area contributed by atoms with Crippen LogP contribution in [0.4, 0.5) is 5.69 Å². The molecule has 0 aliphatic carbocycles. The van der Waals surface area contributed by atoms with E-state index in [4.69, 9.17) is 10.5 Å². The van der Waals surface area contributed by atoms with Gasteiger partial charge in [0.05, 0.1) is 12.8 Å². The van der Waals surface area contributed by atoms with Gasteiger partial charge in [0, 0.05) is 29.3 Å². The molecular formula is C24H28N2O2. The number of hydrogen-bond acceptors (Lipinski definition) is 3. The van der Waals surface area contributed by atoms with Crippen LogP contribution in [0.1, 0.15) is 32.8 Å². The zero-order valence-electron chi connectivity index (χ0n) is 17.0. The van der Waals surface area contributed by atoms with Gasteiger partial charge in [-0.25, -0.2) is 0 Å². The number of benzene rings is 2. The van der Waals surface area contributed by atoms with E-state index in [2.05, 4.69) is 30.1 Å². The smallest absolute Gasteiger partial charge is 0.244 e. The second-order valence-electron chi connectivity index (χ2n) is 6.60. The molecule has 28 heavy (non-hydrogen) atoms. The first kappa shape index (κ1) is 21.2. The summed E-state index contributed by atoms with van der Waals surface area (Å²) in [6.45, 7) is 5.80. The number of rotatable bonds is 5. The van der Waals surface area contributed by atoms with Crippen LogP contribution in [-0.4, -0.2) is 19.2 Å². The molecule has 1 aliphatic heterocycles. The number of carbonyl (C=O) groups is 1. The Bertz CT molecular complexity index is 910. The molecule has 0 bridgehead atoms. The van der Waals surface area contributed by atoms with Gasteiger partial charge >= 0.3 is 0 Å². The average Bonchev–Trinajstić information content (AvgIpc) is 3.22. The monoisotopic (exact) mass is 376 g/mol. The number of nitrogens with zero attached hydrogens (tertiary/aromatic N) is 1. The van der Waals surface area contributed by atoms with E-state index in [1.807, 2.05) is 43.5 Å². The van der Waals surface area contributed by atoms with Gasteiger partial charge in [-0.3, -0.25) is 9.79 Å². The van der Waals surface area contributed by atoms with Gasteiger partial charge in [0.25, 0.3) is 0 Å². The number of hydrogen-bond donors (Lipinski definition) is 1. The summed E-state index contributed by atoms with van der Waals surface area (Å²) in [6, 6.07) is 14.4. The van der Waals surface area contributed by atoms with Gasteiger partial charge in [-0.2, -0.15) is 0 Å². The summed E-state index contributed by atoms with van der Waals surface area (Å²) in [7, 11) is 1.70. The molecule has 2 aromatic rings. The van der Waals surface area contributed by atoms with Gasteiger partial charge in [0.2, 0.25) is 5.91 Å². The molecule has 4 heteroatoms. The number of ether oxygens (including phenoxy) is 1. The molecular weight excluding hydrogens is 348 g/mol. The Hall–Kier alpha value is -3.14. The first-order chi connectivity index (χ1) is 13.5. The lowest BCUT2D eigenvalue weighted by Crippen LogP contribution is -2.11. The van der Waals surface area contributed by atoms with Crippen LogP contribution in [-0.2, 0) is 11.2 Å². The van der Waals surface area contributed by atoms with Crippen molar-refractivity contribution in [3.8, 4) is 16.9 Å². The Balaban J connectivity index is 0.000000224. The van der Waals surface area contributed by atoms with Gasteiger partial charge in [-0.1, -0.05) is 55.0 Å². The number of fused-ring (bicyclic) bond motifs is 1. The number of carbonyl (C=O) groups excluding carboxylic acids is 1. The van der Waals surface area contributed by atoms with Crippen LogP contribution in [0.15, 0.2) is 70.8 Å². The van der Waals surface area contributed by atoms with E-state index in [9.17, 15) is 4.79 Å². The lowest BCUT2D eigenvalue weighted by molar-refractivity contribution is -0.114. The Morgan fingerprint density at radius 2 is 1.86 bits per heavy atom. The molecule has 0 aromatic heterocycles. The zero-order chi connectivity index (χ0) is 20.5. The largest absolute Gasteiger partial charge is 0.496 e. The third-order valence-electron chi connectivity index (χ3n) is 4.62. The van der Waals surface area contributed by atoms with Crippen LogP contribution in [0.2, 0.25) is 0 Å². The fourth-order valence-electron chi connectivity index (χ4n) is 2.70. The van der Waals surface area contributed by atoms with Crippen molar-refractivity contribution in [1.82, 2.24) is 0 Å². The zero-order valence-corrected chi connectivity index (χ0v) is 17.0. The summed E-state index contributed by atoms with van der Waals surface area (Å²) in [6.07, 6.45) is 7.47. The van der Waals surface area contributed by atoms with Crippen LogP contribution in [0.3, 0.4) is 0 Å². The Kier molecular flexibility index (Phi) is 7.76. The summed E-state index contributed by atoms with van der Waals surface area (Å²) < 4.78 is 5.37. The molecule has 0 saturated carbocycles. The number of allylic oxidation sites excluding steroid dienone is 3. The highest BCUT2D eigenvalue weighted by atomic mass is 16.5. The first-order valence-corrected chi connectivity index (χ1v) is 9.39. The summed E-state index contributed by atoms with van der Waals surface area (Å²) in [5.41, 5.74) is 11.5. The molecule has 0 radical (unpaired) electrons. The summed E-state index contributed by atoms with van der Waals surface area (Å²) in [4.78, 5) is 15.0.